The molecule has 0 aliphatic carbocycles. The number of rotatable bonds is 6. The highest BCUT2D eigenvalue weighted by molar-refractivity contribution is 7.22. The number of thiazole rings is 1. The number of amides is 1. The smallest absolute Gasteiger partial charge is 0.243 e. The predicted octanol–water partition coefficient (Wildman–Crippen LogP) is 4.20. The maximum absolute atomic E-state index is 13.4. The lowest BCUT2D eigenvalue weighted by Crippen LogP contribution is -2.48. The van der Waals surface area contributed by atoms with Crippen LogP contribution in [0.25, 0.3) is 10.2 Å². The summed E-state index contributed by atoms with van der Waals surface area (Å²) in [6.07, 6.45) is 0. The summed E-state index contributed by atoms with van der Waals surface area (Å²) in [7, 11) is 2.13. The van der Waals surface area contributed by atoms with Crippen LogP contribution >= 0.6 is 11.3 Å². The monoisotopic (exact) mass is 422 g/mol. The lowest BCUT2D eigenvalue weighted by Gasteiger charge is -2.33. The Morgan fingerprint density at radius 2 is 1.80 bits per heavy atom. The van der Waals surface area contributed by atoms with Gasteiger partial charge in [0.15, 0.2) is 5.13 Å². The van der Waals surface area contributed by atoms with Crippen LogP contribution in [0.3, 0.4) is 0 Å². The summed E-state index contributed by atoms with van der Waals surface area (Å²) in [4.78, 5) is 24.8. The molecule has 2 heterocycles. The van der Waals surface area contributed by atoms with Crippen molar-refractivity contribution in [2.24, 2.45) is 0 Å². The highest BCUT2D eigenvalue weighted by Crippen LogP contribution is 2.34. The van der Waals surface area contributed by atoms with Crippen molar-refractivity contribution in [3.63, 3.8) is 0 Å². The number of benzene rings is 2. The molecular formula is C24H30N4OS. The summed E-state index contributed by atoms with van der Waals surface area (Å²) in [6.45, 7) is 9.23. The van der Waals surface area contributed by atoms with Crippen LogP contribution in [0.2, 0.25) is 0 Å². The van der Waals surface area contributed by atoms with Crippen molar-refractivity contribution in [2.75, 3.05) is 44.7 Å². The van der Waals surface area contributed by atoms with E-state index in [2.05, 4.69) is 61.0 Å². The van der Waals surface area contributed by atoms with Crippen molar-refractivity contribution in [1.82, 2.24) is 14.8 Å². The highest BCUT2D eigenvalue weighted by atomic mass is 32.1. The highest BCUT2D eigenvalue weighted by Gasteiger charge is 2.24. The van der Waals surface area contributed by atoms with E-state index < -0.39 is 0 Å². The van der Waals surface area contributed by atoms with Gasteiger partial charge in [0, 0.05) is 26.2 Å². The van der Waals surface area contributed by atoms with Crippen molar-refractivity contribution < 1.29 is 4.79 Å². The number of para-hydroxylation sites is 1. The first kappa shape index (κ1) is 21.0. The molecule has 1 fully saturated rings. The Morgan fingerprint density at radius 1 is 1.07 bits per heavy atom. The molecule has 1 aliphatic heterocycles. The zero-order chi connectivity index (χ0) is 21.1. The van der Waals surface area contributed by atoms with E-state index in [0.717, 1.165) is 47.1 Å². The fraction of sp³-hybridized carbons (Fsp3) is 0.417. The number of hydrogen-bond donors (Lipinski definition) is 0. The fourth-order valence-electron chi connectivity index (χ4n) is 3.85. The molecule has 1 aromatic heterocycles. The Balaban J connectivity index is 1.64. The van der Waals surface area contributed by atoms with Gasteiger partial charge in [0.2, 0.25) is 5.91 Å². The van der Waals surface area contributed by atoms with Crippen molar-refractivity contribution in [2.45, 2.75) is 26.3 Å². The topological polar surface area (TPSA) is 39.7 Å². The molecule has 1 aliphatic rings. The molecule has 5 nitrogen and oxygen atoms in total. The minimum atomic E-state index is 0.119. The summed E-state index contributed by atoms with van der Waals surface area (Å²) in [6, 6.07) is 16.5. The summed E-state index contributed by atoms with van der Waals surface area (Å²) in [5.74, 6) is 0.515. The number of nitrogens with zero attached hydrogens (tertiary/aromatic N) is 4. The molecule has 2 aromatic carbocycles. The van der Waals surface area contributed by atoms with Crippen LogP contribution in [0.15, 0.2) is 48.5 Å². The van der Waals surface area contributed by atoms with Crippen molar-refractivity contribution in [1.29, 1.82) is 0 Å². The Morgan fingerprint density at radius 3 is 2.50 bits per heavy atom. The number of piperazine rings is 1. The maximum Gasteiger partial charge on any atom is 0.243 e. The van der Waals surface area contributed by atoms with Crippen LogP contribution in [0, 0.1) is 0 Å². The van der Waals surface area contributed by atoms with Gasteiger partial charge in [-0.25, -0.2) is 4.98 Å². The standard InChI is InChI=1S/C24H30N4OS/c1-18(2)20-10-7-11-21-23(20)25-24(30-21)28(16-19-8-5-4-6-9-19)22(29)17-27-14-12-26(3)13-15-27/h4-11,18H,12-17H2,1-3H3. The third kappa shape index (κ3) is 4.72. The van der Waals surface area contributed by atoms with Crippen LogP contribution in [0.1, 0.15) is 30.9 Å². The second kappa shape index (κ2) is 9.25. The normalized spacial score (nSPS) is 15.7. The predicted molar refractivity (Wildman–Crippen MR) is 125 cm³/mol. The van der Waals surface area contributed by atoms with E-state index in [9.17, 15) is 4.79 Å². The zero-order valence-corrected chi connectivity index (χ0v) is 18.9. The van der Waals surface area contributed by atoms with Crippen molar-refractivity contribution in [3.05, 3.63) is 59.7 Å². The molecule has 0 saturated carbocycles. The SMILES string of the molecule is CC(C)c1cccc2sc(N(Cc3ccccc3)C(=O)CN3CCN(C)CC3)nc12. The van der Waals surface area contributed by atoms with Gasteiger partial charge in [0.25, 0.3) is 0 Å². The third-order valence-electron chi connectivity index (χ3n) is 5.73. The average molecular weight is 423 g/mol. The van der Waals surface area contributed by atoms with Crippen molar-refractivity contribution in [3.8, 4) is 0 Å². The van der Waals surface area contributed by atoms with Gasteiger partial charge in [-0.2, -0.15) is 0 Å². The summed E-state index contributed by atoms with van der Waals surface area (Å²) >= 11 is 1.61. The molecule has 3 aromatic rings. The minimum absolute atomic E-state index is 0.119. The van der Waals surface area contributed by atoms with E-state index in [1.807, 2.05) is 23.1 Å². The number of hydrogen-bond acceptors (Lipinski definition) is 5. The summed E-state index contributed by atoms with van der Waals surface area (Å²) < 4.78 is 1.14. The number of fused-ring (bicyclic) bond motifs is 1. The Bertz CT molecular complexity index is 993. The second-order valence-electron chi connectivity index (χ2n) is 8.39. The van der Waals surface area contributed by atoms with E-state index in [0.29, 0.717) is 19.0 Å². The summed E-state index contributed by atoms with van der Waals surface area (Å²) in [5.41, 5.74) is 3.38. The first-order valence-corrected chi connectivity index (χ1v) is 11.5. The Hall–Kier alpha value is -2.28. The van der Waals surface area contributed by atoms with Gasteiger partial charge in [-0.05, 0) is 30.2 Å². The molecule has 30 heavy (non-hydrogen) atoms. The van der Waals surface area contributed by atoms with Gasteiger partial charge in [0.05, 0.1) is 23.3 Å². The average Bonchev–Trinajstić information content (AvgIpc) is 3.18. The van der Waals surface area contributed by atoms with Gasteiger partial charge in [0.1, 0.15) is 0 Å². The number of anilines is 1. The molecule has 0 N–H and O–H groups in total. The quantitative estimate of drug-likeness (QED) is 0.597. The largest absolute Gasteiger partial charge is 0.304 e. The molecular weight excluding hydrogens is 392 g/mol. The van der Waals surface area contributed by atoms with Gasteiger partial charge in [-0.1, -0.05) is 67.6 Å². The molecule has 1 saturated heterocycles. The number of carbonyl (C=O) groups is 1. The molecule has 4 rings (SSSR count). The summed E-state index contributed by atoms with van der Waals surface area (Å²) in [5, 5.41) is 0.793. The van der Waals surface area contributed by atoms with Crippen LogP contribution in [0.4, 0.5) is 5.13 Å². The molecule has 0 unspecified atom stereocenters. The van der Waals surface area contributed by atoms with Gasteiger partial charge in [-0.3, -0.25) is 14.6 Å². The lowest BCUT2D eigenvalue weighted by molar-refractivity contribution is -0.120. The number of likely N-dealkylation sites (N-methyl/N-ethyl adjacent to an activating group) is 1. The van der Waals surface area contributed by atoms with Gasteiger partial charge >= 0.3 is 0 Å². The number of carbonyl (C=O) groups excluding carboxylic acids is 1. The van der Waals surface area contributed by atoms with Gasteiger partial charge < -0.3 is 4.90 Å². The third-order valence-corrected chi connectivity index (χ3v) is 6.77. The van der Waals surface area contributed by atoms with E-state index in [-0.39, 0.29) is 5.91 Å². The lowest BCUT2D eigenvalue weighted by atomic mass is 10.0. The molecule has 1 amide bonds. The second-order valence-corrected chi connectivity index (χ2v) is 9.40. The van der Waals surface area contributed by atoms with E-state index in [1.54, 1.807) is 11.3 Å². The maximum atomic E-state index is 13.4. The van der Waals surface area contributed by atoms with Crippen molar-refractivity contribution >= 4 is 32.6 Å². The van der Waals surface area contributed by atoms with Gasteiger partial charge in [-0.15, -0.1) is 0 Å². The van der Waals surface area contributed by atoms with E-state index in [4.69, 9.17) is 4.98 Å². The van der Waals surface area contributed by atoms with Crippen LogP contribution < -0.4 is 4.90 Å². The molecule has 6 heteroatoms. The first-order chi connectivity index (χ1) is 14.5. The first-order valence-electron chi connectivity index (χ1n) is 10.7. The molecule has 0 bridgehead atoms. The Kier molecular flexibility index (Phi) is 6.46. The Labute approximate surface area is 182 Å². The molecule has 0 radical (unpaired) electrons. The van der Waals surface area contributed by atoms with Crippen LogP contribution in [-0.2, 0) is 11.3 Å². The molecule has 0 atom stereocenters. The fourth-order valence-corrected chi connectivity index (χ4v) is 4.87. The molecule has 158 valence electrons. The number of aromatic nitrogens is 1. The van der Waals surface area contributed by atoms with Crippen LogP contribution in [0.5, 0.6) is 0 Å². The van der Waals surface area contributed by atoms with E-state index >= 15 is 0 Å². The minimum Gasteiger partial charge on any atom is -0.304 e. The van der Waals surface area contributed by atoms with E-state index in [1.165, 1.54) is 5.56 Å². The zero-order valence-electron chi connectivity index (χ0n) is 18.0. The molecule has 0 spiro atoms. The van der Waals surface area contributed by atoms with Crippen LogP contribution in [-0.4, -0.2) is 60.5 Å².